The van der Waals surface area contributed by atoms with Crippen LogP contribution < -0.4 is 15.4 Å². The van der Waals surface area contributed by atoms with Gasteiger partial charge in [-0.1, -0.05) is 11.6 Å². The Morgan fingerprint density at radius 1 is 1.03 bits per heavy atom. The quantitative estimate of drug-likeness (QED) is 0.279. The average molecular weight is 495 g/mol. The van der Waals surface area contributed by atoms with Crippen LogP contribution in [-0.2, 0) is 0 Å². The Morgan fingerprint density at radius 2 is 1.64 bits per heavy atom. The van der Waals surface area contributed by atoms with E-state index in [4.69, 9.17) is 11.6 Å². The van der Waals surface area contributed by atoms with Crippen molar-refractivity contribution in [1.82, 2.24) is 5.32 Å². The van der Waals surface area contributed by atoms with Gasteiger partial charge in [0, 0.05) is 23.8 Å². The highest BCUT2D eigenvalue weighted by atomic mass is 35.5. The number of nitrogens with one attached hydrogen (secondary N) is 2. The number of hydrogen-bond acceptors (Lipinski definition) is 3. The second kappa shape index (κ2) is 10.1. The number of anilines is 1. The van der Waals surface area contributed by atoms with Crippen LogP contribution in [-0.4, -0.2) is 24.9 Å². The van der Waals surface area contributed by atoms with Crippen LogP contribution in [0.3, 0.4) is 0 Å². The summed E-state index contributed by atoms with van der Waals surface area (Å²) in [6, 6.07) is 5.11. The summed E-state index contributed by atoms with van der Waals surface area (Å²) in [7, 11) is 0. The predicted octanol–water partition coefficient (Wildman–Crippen LogP) is 6.37. The highest BCUT2D eigenvalue weighted by molar-refractivity contribution is 6.34. The first-order valence-electron chi connectivity index (χ1n) is 10.2. The Balaban J connectivity index is 1.49. The van der Waals surface area contributed by atoms with Crippen LogP contribution in [0.5, 0.6) is 5.75 Å². The largest absolute Gasteiger partial charge is 0.573 e. The zero-order chi connectivity index (χ0) is 24.3. The number of benzene rings is 2. The van der Waals surface area contributed by atoms with Gasteiger partial charge in [0.1, 0.15) is 11.6 Å². The van der Waals surface area contributed by atoms with Crippen molar-refractivity contribution in [3.05, 3.63) is 57.9 Å². The van der Waals surface area contributed by atoms with Gasteiger partial charge in [0.05, 0.1) is 10.6 Å². The Hall–Kier alpha value is -2.62. The van der Waals surface area contributed by atoms with E-state index in [1.165, 1.54) is 24.3 Å². The van der Waals surface area contributed by atoms with E-state index in [-0.39, 0.29) is 17.7 Å². The Bertz CT molecular complexity index is 976. The normalized spacial score (nSPS) is 18.7. The Labute approximate surface area is 191 Å². The van der Waals surface area contributed by atoms with Gasteiger partial charge >= 0.3 is 6.36 Å². The van der Waals surface area contributed by atoms with E-state index in [9.17, 15) is 31.1 Å². The second-order valence-corrected chi connectivity index (χ2v) is 8.28. The van der Waals surface area contributed by atoms with Gasteiger partial charge in [0.2, 0.25) is 0 Å². The molecule has 2 aromatic carbocycles. The molecule has 0 bridgehead atoms. The smallest absolute Gasteiger partial charge is 0.406 e. The lowest BCUT2D eigenvalue weighted by atomic mass is 9.85. The van der Waals surface area contributed by atoms with Crippen LogP contribution in [0.1, 0.15) is 41.6 Å². The Kier molecular flexibility index (Phi) is 7.66. The number of carbonyl (C=O) groups excluding carboxylic acids is 1. The summed E-state index contributed by atoms with van der Waals surface area (Å²) >= 11 is 5.66. The average Bonchev–Trinajstić information content (AvgIpc) is 2.76. The highest BCUT2D eigenvalue weighted by Crippen LogP contribution is 2.30. The summed E-state index contributed by atoms with van der Waals surface area (Å²) < 4.78 is 82.2. The van der Waals surface area contributed by atoms with Gasteiger partial charge in [-0.05, 0) is 62.8 Å². The molecule has 1 amide bonds. The monoisotopic (exact) mass is 494 g/mol. The van der Waals surface area contributed by atoms with Crippen LogP contribution in [0.25, 0.3) is 0 Å². The molecule has 0 heterocycles. The first kappa shape index (κ1) is 25.0. The summed E-state index contributed by atoms with van der Waals surface area (Å²) in [5.74, 6) is -5.05. The SMILES string of the molecule is Cc1c(F)c(F)c(Cl)c(C(=O)NC2CCC(CNc3ccc(OC(F)(F)F)cc3)CC2)c1F. The van der Waals surface area contributed by atoms with Crippen molar-refractivity contribution in [3.8, 4) is 5.75 Å². The van der Waals surface area contributed by atoms with Gasteiger partial charge in [-0.15, -0.1) is 13.2 Å². The van der Waals surface area contributed by atoms with Crippen molar-refractivity contribution in [1.29, 1.82) is 0 Å². The van der Waals surface area contributed by atoms with E-state index in [0.29, 0.717) is 25.1 Å². The number of halogens is 7. The molecule has 1 saturated carbocycles. The van der Waals surface area contributed by atoms with E-state index in [1.807, 2.05) is 0 Å². The number of alkyl halides is 3. The van der Waals surface area contributed by atoms with Crippen molar-refractivity contribution < 1.29 is 35.9 Å². The second-order valence-electron chi connectivity index (χ2n) is 7.90. The van der Waals surface area contributed by atoms with Gasteiger partial charge < -0.3 is 15.4 Å². The fourth-order valence-corrected chi connectivity index (χ4v) is 4.01. The van der Waals surface area contributed by atoms with Crippen molar-refractivity contribution in [2.24, 2.45) is 5.92 Å². The first-order chi connectivity index (χ1) is 15.5. The summed E-state index contributed by atoms with van der Waals surface area (Å²) in [4.78, 5) is 12.5. The molecule has 2 aromatic rings. The third kappa shape index (κ3) is 6.25. The van der Waals surface area contributed by atoms with E-state index in [1.54, 1.807) is 0 Å². The summed E-state index contributed by atoms with van der Waals surface area (Å²) in [5, 5.41) is 4.89. The maximum Gasteiger partial charge on any atom is 0.573 e. The van der Waals surface area contributed by atoms with Crippen LogP contribution in [0.4, 0.5) is 32.0 Å². The van der Waals surface area contributed by atoms with Crippen molar-refractivity contribution in [2.45, 2.75) is 45.0 Å². The van der Waals surface area contributed by atoms with Gasteiger partial charge in [0.25, 0.3) is 5.91 Å². The molecule has 0 aliphatic heterocycles. The van der Waals surface area contributed by atoms with Gasteiger partial charge in [0.15, 0.2) is 11.6 Å². The molecule has 0 spiro atoms. The van der Waals surface area contributed by atoms with Crippen LogP contribution >= 0.6 is 11.6 Å². The molecule has 180 valence electrons. The highest BCUT2D eigenvalue weighted by Gasteiger charge is 2.31. The van der Waals surface area contributed by atoms with Crippen molar-refractivity contribution in [2.75, 3.05) is 11.9 Å². The molecule has 1 fully saturated rings. The summed E-state index contributed by atoms with van der Waals surface area (Å²) in [6.07, 6.45) is -2.14. The van der Waals surface area contributed by atoms with Crippen molar-refractivity contribution in [3.63, 3.8) is 0 Å². The molecule has 3 rings (SSSR count). The van der Waals surface area contributed by atoms with E-state index in [0.717, 1.165) is 19.8 Å². The third-order valence-corrected chi connectivity index (χ3v) is 5.93. The number of amides is 1. The molecule has 1 aliphatic rings. The van der Waals surface area contributed by atoms with Gasteiger partial charge in [-0.3, -0.25) is 4.79 Å². The lowest BCUT2D eigenvalue weighted by Crippen LogP contribution is -2.39. The minimum atomic E-state index is -4.75. The third-order valence-electron chi connectivity index (χ3n) is 5.57. The molecule has 0 aromatic heterocycles. The molecule has 0 saturated heterocycles. The summed E-state index contributed by atoms with van der Waals surface area (Å²) in [6.45, 7) is 1.60. The van der Waals surface area contributed by atoms with E-state index in [2.05, 4.69) is 15.4 Å². The number of ether oxygens (including phenoxy) is 1. The maximum atomic E-state index is 14.3. The standard InChI is InChI=1S/C22H21ClF6N2O2/c1-11-18(24)16(17(23)20(26)19(11)25)21(32)31-14-4-2-12(3-5-14)10-30-13-6-8-15(9-7-13)33-22(27,28)29/h6-9,12,14,30H,2-5,10H2,1H3,(H,31,32). The van der Waals surface area contributed by atoms with E-state index >= 15 is 0 Å². The molecule has 1 aliphatic carbocycles. The lowest BCUT2D eigenvalue weighted by Gasteiger charge is -2.29. The van der Waals surface area contributed by atoms with Crippen LogP contribution in [0.15, 0.2) is 24.3 Å². The van der Waals surface area contributed by atoms with Crippen molar-refractivity contribution >= 4 is 23.2 Å². The zero-order valence-corrected chi connectivity index (χ0v) is 18.2. The fourth-order valence-electron chi connectivity index (χ4n) is 3.76. The van der Waals surface area contributed by atoms with E-state index < -0.39 is 45.9 Å². The predicted molar refractivity (Wildman–Crippen MR) is 111 cm³/mol. The topological polar surface area (TPSA) is 50.4 Å². The van der Waals surface area contributed by atoms with Gasteiger partial charge in [-0.25, -0.2) is 13.2 Å². The molecule has 11 heteroatoms. The molecule has 4 nitrogen and oxygen atoms in total. The molecule has 0 radical (unpaired) electrons. The number of carbonyl (C=O) groups is 1. The van der Waals surface area contributed by atoms with Gasteiger partial charge in [-0.2, -0.15) is 0 Å². The number of rotatable bonds is 6. The molecule has 0 atom stereocenters. The molecule has 0 unspecified atom stereocenters. The zero-order valence-electron chi connectivity index (χ0n) is 17.5. The number of hydrogen-bond donors (Lipinski definition) is 2. The Morgan fingerprint density at radius 3 is 2.21 bits per heavy atom. The fraction of sp³-hybridized carbons (Fsp3) is 0.409. The molecule has 2 N–H and O–H groups in total. The molecular formula is C22H21ClF6N2O2. The molecule has 33 heavy (non-hydrogen) atoms. The summed E-state index contributed by atoms with van der Waals surface area (Å²) in [5.41, 5.74) is -0.691. The first-order valence-corrected chi connectivity index (χ1v) is 10.6. The minimum absolute atomic E-state index is 0.245. The van der Waals surface area contributed by atoms with Crippen LogP contribution in [0.2, 0.25) is 5.02 Å². The van der Waals surface area contributed by atoms with Crippen LogP contribution in [0, 0.1) is 30.3 Å². The maximum absolute atomic E-state index is 14.3. The lowest BCUT2D eigenvalue weighted by molar-refractivity contribution is -0.274. The minimum Gasteiger partial charge on any atom is -0.406 e. The molecular weight excluding hydrogens is 474 g/mol.